The SMILES string of the molecule is CN1C(=O)C2C(=NC(Nc3ccc(F)cc3)=[N+]2CC(=O)O)N(C)C1=O. The topological polar surface area (TPSA) is 105 Å². The van der Waals surface area contributed by atoms with Crippen molar-refractivity contribution < 1.29 is 28.5 Å². The van der Waals surface area contributed by atoms with Crippen LogP contribution in [0.2, 0.25) is 0 Å². The molecule has 25 heavy (non-hydrogen) atoms. The number of carbonyl (C=O) groups is 3. The number of imide groups is 1. The number of anilines is 1. The van der Waals surface area contributed by atoms with Gasteiger partial charge in [-0.3, -0.25) is 14.6 Å². The molecule has 2 aliphatic rings. The van der Waals surface area contributed by atoms with Crippen LogP contribution in [-0.4, -0.2) is 75.9 Å². The van der Waals surface area contributed by atoms with Gasteiger partial charge in [0.25, 0.3) is 5.91 Å². The fourth-order valence-electron chi connectivity index (χ4n) is 2.67. The molecule has 0 bridgehead atoms. The number of carboxylic acid groups (broad SMARTS) is 1. The minimum atomic E-state index is -1.16. The van der Waals surface area contributed by atoms with E-state index in [1.54, 1.807) is 0 Å². The monoisotopic (exact) mass is 348 g/mol. The van der Waals surface area contributed by atoms with Gasteiger partial charge in [0.1, 0.15) is 5.82 Å². The van der Waals surface area contributed by atoms with Crippen LogP contribution in [0.5, 0.6) is 0 Å². The van der Waals surface area contributed by atoms with E-state index in [9.17, 15) is 18.8 Å². The quantitative estimate of drug-likeness (QED) is 0.748. The summed E-state index contributed by atoms with van der Waals surface area (Å²) in [5.74, 6) is -1.92. The van der Waals surface area contributed by atoms with Gasteiger partial charge >= 0.3 is 18.0 Å². The highest BCUT2D eigenvalue weighted by Gasteiger charge is 2.51. The number of amidine groups is 1. The lowest BCUT2D eigenvalue weighted by Gasteiger charge is -2.31. The number of likely N-dealkylation sites (N-methyl/N-ethyl adjacent to an activating group) is 2. The average Bonchev–Trinajstić information content (AvgIpc) is 2.91. The van der Waals surface area contributed by atoms with Crippen molar-refractivity contribution in [1.82, 2.24) is 9.80 Å². The maximum atomic E-state index is 13.0. The van der Waals surface area contributed by atoms with Crippen LogP contribution in [0.4, 0.5) is 14.9 Å². The van der Waals surface area contributed by atoms with E-state index in [1.807, 2.05) is 0 Å². The molecule has 2 heterocycles. The lowest BCUT2D eigenvalue weighted by Crippen LogP contribution is -2.61. The highest BCUT2D eigenvalue weighted by molar-refractivity contribution is 6.23. The van der Waals surface area contributed by atoms with E-state index in [2.05, 4.69) is 10.3 Å². The van der Waals surface area contributed by atoms with Crippen molar-refractivity contribution in [2.45, 2.75) is 6.04 Å². The van der Waals surface area contributed by atoms with Crippen LogP contribution >= 0.6 is 0 Å². The van der Waals surface area contributed by atoms with Crippen LogP contribution in [0.1, 0.15) is 0 Å². The highest BCUT2D eigenvalue weighted by atomic mass is 19.1. The zero-order chi connectivity index (χ0) is 18.3. The molecule has 1 aromatic rings. The Kier molecular flexibility index (Phi) is 3.95. The summed E-state index contributed by atoms with van der Waals surface area (Å²) in [5, 5.41) is 12.0. The normalized spacial score (nSPS) is 20.0. The number of hydrogen-bond donors (Lipinski definition) is 2. The Bertz CT molecular complexity index is 833. The van der Waals surface area contributed by atoms with Crippen molar-refractivity contribution in [3.63, 3.8) is 0 Å². The van der Waals surface area contributed by atoms with E-state index < -0.39 is 36.3 Å². The second-order valence-electron chi connectivity index (χ2n) is 5.59. The molecule has 2 aliphatic heterocycles. The first kappa shape index (κ1) is 16.6. The summed E-state index contributed by atoms with van der Waals surface area (Å²) in [5.41, 5.74) is 0.463. The van der Waals surface area contributed by atoms with Crippen LogP contribution in [-0.2, 0) is 9.59 Å². The number of aliphatic carboxylic acids is 1. The summed E-state index contributed by atoms with van der Waals surface area (Å²) in [6.45, 7) is -0.497. The summed E-state index contributed by atoms with van der Waals surface area (Å²) < 4.78 is 14.3. The van der Waals surface area contributed by atoms with Gasteiger partial charge in [-0.1, -0.05) is 4.99 Å². The minimum Gasteiger partial charge on any atom is -0.479 e. The zero-order valence-corrected chi connectivity index (χ0v) is 13.4. The third kappa shape index (κ3) is 2.82. The molecule has 1 saturated heterocycles. The van der Waals surface area contributed by atoms with Crippen LogP contribution in [0, 0.1) is 5.82 Å². The number of guanidine groups is 1. The van der Waals surface area contributed by atoms with Gasteiger partial charge in [0.15, 0.2) is 6.54 Å². The number of nitrogens with zero attached hydrogens (tertiary/aromatic N) is 4. The van der Waals surface area contributed by atoms with E-state index in [-0.39, 0.29) is 11.8 Å². The number of carboxylic acids is 1. The number of nitrogens with one attached hydrogen (secondary N) is 1. The molecule has 0 radical (unpaired) electrons. The minimum absolute atomic E-state index is 0.0947. The molecule has 3 rings (SSSR count). The van der Waals surface area contributed by atoms with E-state index in [1.165, 1.54) is 47.8 Å². The Labute approximate surface area is 141 Å². The van der Waals surface area contributed by atoms with E-state index in [4.69, 9.17) is 5.11 Å². The second kappa shape index (κ2) is 5.96. The lowest BCUT2D eigenvalue weighted by molar-refractivity contribution is -0.525. The first-order chi connectivity index (χ1) is 11.8. The number of benzene rings is 1. The van der Waals surface area contributed by atoms with Crippen LogP contribution in [0.25, 0.3) is 0 Å². The van der Waals surface area contributed by atoms with Gasteiger partial charge in [-0.2, -0.15) is 0 Å². The molecule has 10 heteroatoms. The molecule has 0 spiro atoms. The summed E-state index contributed by atoms with van der Waals surface area (Å²) in [7, 11) is 2.78. The summed E-state index contributed by atoms with van der Waals surface area (Å²) in [4.78, 5) is 42.1. The maximum absolute atomic E-state index is 13.0. The molecule has 1 fully saturated rings. The summed E-state index contributed by atoms with van der Waals surface area (Å²) >= 11 is 0. The Morgan fingerprint density at radius 2 is 1.92 bits per heavy atom. The number of aliphatic imine (C=N–C) groups is 1. The number of urea groups is 1. The molecule has 9 nitrogen and oxygen atoms in total. The van der Waals surface area contributed by atoms with Gasteiger partial charge in [0.05, 0.1) is 5.69 Å². The molecule has 1 aromatic carbocycles. The molecule has 2 N–H and O–H groups in total. The van der Waals surface area contributed by atoms with Gasteiger partial charge in [0, 0.05) is 14.1 Å². The van der Waals surface area contributed by atoms with Crippen molar-refractivity contribution in [1.29, 1.82) is 0 Å². The van der Waals surface area contributed by atoms with Gasteiger partial charge < -0.3 is 5.11 Å². The predicted octanol–water partition coefficient (Wildman–Crippen LogP) is -0.00480. The third-order valence-corrected chi connectivity index (χ3v) is 3.94. The molecule has 130 valence electrons. The van der Waals surface area contributed by atoms with E-state index in [0.29, 0.717) is 5.69 Å². The first-order valence-electron chi connectivity index (χ1n) is 7.31. The van der Waals surface area contributed by atoms with Gasteiger partial charge in [0.2, 0.25) is 11.9 Å². The van der Waals surface area contributed by atoms with Crippen LogP contribution < -0.4 is 5.32 Å². The number of rotatable bonds is 3. The highest BCUT2D eigenvalue weighted by Crippen LogP contribution is 2.20. The largest absolute Gasteiger partial charge is 0.479 e. The Hall–Kier alpha value is -3.30. The number of halogens is 1. The van der Waals surface area contributed by atoms with Gasteiger partial charge in [-0.15, -0.1) is 0 Å². The number of amides is 3. The Morgan fingerprint density at radius 1 is 1.28 bits per heavy atom. The number of fused-ring (bicyclic) bond motifs is 1. The molecule has 3 amide bonds. The molecular weight excluding hydrogens is 333 g/mol. The fraction of sp³-hybridized carbons (Fsp3) is 0.267. The first-order valence-corrected chi connectivity index (χ1v) is 7.31. The number of hydrogen-bond acceptors (Lipinski definition) is 5. The van der Waals surface area contributed by atoms with Crippen molar-refractivity contribution >= 4 is 35.4 Å². The lowest BCUT2D eigenvalue weighted by atomic mass is 10.1. The molecule has 0 aliphatic carbocycles. The molecular formula is C15H15FN5O4+. The molecule has 0 saturated carbocycles. The summed E-state index contributed by atoms with van der Waals surface area (Å²) in [6, 6.07) is 3.78. The average molecular weight is 348 g/mol. The van der Waals surface area contributed by atoms with Crippen LogP contribution in [0.3, 0.4) is 0 Å². The van der Waals surface area contributed by atoms with Crippen molar-refractivity contribution in [3.05, 3.63) is 30.1 Å². The van der Waals surface area contributed by atoms with Crippen molar-refractivity contribution in [2.24, 2.45) is 4.99 Å². The second-order valence-corrected chi connectivity index (χ2v) is 5.59. The fourth-order valence-corrected chi connectivity index (χ4v) is 2.67. The van der Waals surface area contributed by atoms with Crippen molar-refractivity contribution in [2.75, 3.05) is 26.0 Å². The standard InChI is InChI=1S/C15H14FN5O4/c1-19-12-11(13(24)20(2)15(19)25)21(7-10(22)23)14(18-12)17-9-5-3-8(16)4-6-9/h3-6,11H,7H2,1-2H3,(H,22,23)/p+1. The van der Waals surface area contributed by atoms with E-state index in [0.717, 1.165) is 4.90 Å². The van der Waals surface area contributed by atoms with E-state index >= 15 is 0 Å². The smallest absolute Gasteiger partial charge is 0.395 e. The molecule has 1 unspecified atom stereocenters. The predicted molar refractivity (Wildman–Crippen MR) is 84.9 cm³/mol. The number of carbonyl (C=O) groups excluding carboxylic acids is 2. The third-order valence-electron chi connectivity index (χ3n) is 3.94. The van der Waals surface area contributed by atoms with Crippen molar-refractivity contribution in [3.8, 4) is 0 Å². The van der Waals surface area contributed by atoms with Gasteiger partial charge in [-0.25, -0.2) is 23.9 Å². The van der Waals surface area contributed by atoms with Gasteiger partial charge in [-0.05, 0) is 24.3 Å². The molecule has 1 atom stereocenters. The Morgan fingerprint density at radius 3 is 2.52 bits per heavy atom. The Balaban J connectivity index is 2.03. The maximum Gasteiger partial charge on any atom is 0.395 e. The summed E-state index contributed by atoms with van der Waals surface area (Å²) in [6.07, 6.45) is 0. The molecule has 0 aromatic heterocycles. The van der Waals surface area contributed by atoms with Crippen LogP contribution in [0.15, 0.2) is 29.3 Å². The zero-order valence-electron chi connectivity index (χ0n) is 13.4.